The predicted octanol–water partition coefficient (Wildman–Crippen LogP) is 2.32. The minimum absolute atomic E-state index is 0.660. The summed E-state index contributed by atoms with van der Waals surface area (Å²) in [5.74, 6) is 0.660. The van der Waals surface area contributed by atoms with Crippen molar-refractivity contribution in [2.24, 2.45) is 0 Å². The van der Waals surface area contributed by atoms with Gasteiger partial charge < -0.3 is 16.0 Å². The van der Waals surface area contributed by atoms with Crippen LogP contribution in [0.1, 0.15) is 31.2 Å². The number of nitrogens with zero attached hydrogens (tertiary/aromatic N) is 2. The zero-order valence-corrected chi connectivity index (χ0v) is 11.4. The Morgan fingerprint density at radius 1 is 1.29 bits per heavy atom. The van der Waals surface area contributed by atoms with E-state index in [9.17, 15) is 0 Å². The van der Waals surface area contributed by atoms with E-state index in [1.807, 2.05) is 6.92 Å². The van der Waals surface area contributed by atoms with Crippen molar-refractivity contribution in [3.8, 4) is 0 Å². The Morgan fingerprint density at radius 2 is 2.00 bits per heavy atom. The number of nitrogens with one attached hydrogen (secondary N) is 1. The molecule has 0 atom stereocenters. The molecule has 0 bridgehead atoms. The summed E-state index contributed by atoms with van der Waals surface area (Å²) in [6.07, 6.45) is 5.50. The Kier molecular flexibility index (Phi) is 4.62. The van der Waals surface area contributed by atoms with Crippen molar-refractivity contribution >= 4 is 22.4 Å². The van der Waals surface area contributed by atoms with Crippen LogP contribution in [-0.2, 0) is 0 Å². The standard InChI is InChI=1S/C12H22N4S/c1-10-11(13)15-17-12(10)14-6-9-16-7-4-2-3-5-8-16/h14H,2-9H2,1H3,(H2,13,15). The highest BCUT2D eigenvalue weighted by atomic mass is 32.1. The van der Waals surface area contributed by atoms with Crippen molar-refractivity contribution in [1.82, 2.24) is 9.27 Å². The van der Waals surface area contributed by atoms with Gasteiger partial charge in [-0.1, -0.05) is 12.8 Å². The molecule has 1 aliphatic heterocycles. The number of aromatic nitrogens is 1. The molecule has 2 rings (SSSR count). The zero-order valence-electron chi connectivity index (χ0n) is 10.5. The summed E-state index contributed by atoms with van der Waals surface area (Å²) in [5, 5.41) is 4.56. The Hall–Kier alpha value is -0.810. The molecule has 0 spiro atoms. The smallest absolute Gasteiger partial charge is 0.142 e. The topological polar surface area (TPSA) is 54.2 Å². The van der Waals surface area contributed by atoms with Gasteiger partial charge in [0.2, 0.25) is 0 Å². The quantitative estimate of drug-likeness (QED) is 0.866. The molecule has 1 saturated heterocycles. The van der Waals surface area contributed by atoms with Gasteiger partial charge in [0.15, 0.2) is 0 Å². The number of likely N-dealkylation sites (tertiary alicyclic amines) is 1. The lowest BCUT2D eigenvalue weighted by Crippen LogP contribution is -2.29. The van der Waals surface area contributed by atoms with Gasteiger partial charge in [0.25, 0.3) is 0 Å². The third kappa shape index (κ3) is 3.57. The third-order valence-electron chi connectivity index (χ3n) is 3.37. The fraction of sp³-hybridized carbons (Fsp3) is 0.750. The molecule has 1 fully saturated rings. The van der Waals surface area contributed by atoms with E-state index in [2.05, 4.69) is 14.6 Å². The molecule has 1 aromatic rings. The minimum Gasteiger partial charge on any atom is -0.383 e. The van der Waals surface area contributed by atoms with E-state index < -0.39 is 0 Å². The Balaban J connectivity index is 1.73. The summed E-state index contributed by atoms with van der Waals surface area (Å²) in [6, 6.07) is 0. The first-order valence-corrected chi connectivity index (χ1v) is 7.22. The van der Waals surface area contributed by atoms with Crippen LogP contribution in [0.2, 0.25) is 0 Å². The highest BCUT2D eigenvalue weighted by Gasteiger charge is 2.09. The summed E-state index contributed by atoms with van der Waals surface area (Å²) >= 11 is 1.46. The van der Waals surface area contributed by atoms with Crippen molar-refractivity contribution < 1.29 is 0 Å². The van der Waals surface area contributed by atoms with Crippen LogP contribution < -0.4 is 11.1 Å². The Labute approximate surface area is 107 Å². The molecule has 17 heavy (non-hydrogen) atoms. The normalized spacial score (nSPS) is 17.9. The lowest BCUT2D eigenvalue weighted by molar-refractivity contribution is 0.296. The first-order valence-electron chi connectivity index (χ1n) is 6.45. The first kappa shape index (κ1) is 12.6. The summed E-state index contributed by atoms with van der Waals surface area (Å²) < 4.78 is 4.14. The van der Waals surface area contributed by atoms with E-state index in [0.717, 1.165) is 23.7 Å². The largest absolute Gasteiger partial charge is 0.383 e. The molecular formula is C12H22N4S. The van der Waals surface area contributed by atoms with Crippen LogP contribution >= 0.6 is 11.5 Å². The van der Waals surface area contributed by atoms with E-state index in [1.165, 1.54) is 50.3 Å². The summed E-state index contributed by atoms with van der Waals surface area (Å²) in [4.78, 5) is 2.56. The van der Waals surface area contributed by atoms with Gasteiger partial charge in [-0.15, -0.1) is 0 Å². The number of hydrogen-bond acceptors (Lipinski definition) is 5. The molecule has 0 amide bonds. The molecule has 1 aromatic heterocycles. The lowest BCUT2D eigenvalue weighted by Gasteiger charge is -2.19. The van der Waals surface area contributed by atoms with Gasteiger partial charge in [0, 0.05) is 18.7 Å². The fourth-order valence-corrected chi connectivity index (χ4v) is 2.93. The molecule has 0 aromatic carbocycles. The second kappa shape index (κ2) is 6.21. The minimum atomic E-state index is 0.660. The van der Waals surface area contributed by atoms with Gasteiger partial charge in [-0.3, -0.25) is 0 Å². The second-order valence-electron chi connectivity index (χ2n) is 4.70. The molecule has 0 radical (unpaired) electrons. The fourth-order valence-electron chi connectivity index (χ4n) is 2.20. The first-order chi connectivity index (χ1) is 8.27. The van der Waals surface area contributed by atoms with E-state index in [-0.39, 0.29) is 0 Å². The summed E-state index contributed by atoms with van der Waals surface area (Å²) in [6.45, 7) is 6.64. The van der Waals surface area contributed by atoms with Crippen molar-refractivity contribution in [3.63, 3.8) is 0 Å². The molecule has 96 valence electrons. The average molecular weight is 254 g/mol. The van der Waals surface area contributed by atoms with E-state index in [4.69, 9.17) is 5.73 Å². The average Bonchev–Trinajstić information content (AvgIpc) is 2.58. The highest BCUT2D eigenvalue weighted by Crippen LogP contribution is 2.24. The second-order valence-corrected chi connectivity index (χ2v) is 5.48. The van der Waals surface area contributed by atoms with Crippen LogP contribution in [0.4, 0.5) is 10.8 Å². The maximum atomic E-state index is 5.72. The Bertz CT molecular complexity index is 342. The molecule has 1 aliphatic rings. The Morgan fingerprint density at radius 3 is 2.59 bits per heavy atom. The van der Waals surface area contributed by atoms with Gasteiger partial charge in [0.1, 0.15) is 10.8 Å². The molecule has 0 aliphatic carbocycles. The van der Waals surface area contributed by atoms with Crippen LogP contribution in [-0.4, -0.2) is 35.5 Å². The SMILES string of the molecule is Cc1c(N)nsc1NCCN1CCCCCC1. The molecule has 3 N–H and O–H groups in total. The van der Waals surface area contributed by atoms with E-state index >= 15 is 0 Å². The van der Waals surface area contributed by atoms with Crippen LogP contribution in [0, 0.1) is 6.92 Å². The van der Waals surface area contributed by atoms with Crippen LogP contribution in [0.25, 0.3) is 0 Å². The third-order valence-corrected chi connectivity index (χ3v) is 4.29. The molecular weight excluding hydrogens is 232 g/mol. The molecule has 0 saturated carbocycles. The van der Waals surface area contributed by atoms with Gasteiger partial charge in [-0.2, -0.15) is 4.37 Å². The van der Waals surface area contributed by atoms with Crippen LogP contribution in [0.3, 0.4) is 0 Å². The van der Waals surface area contributed by atoms with Crippen molar-refractivity contribution in [1.29, 1.82) is 0 Å². The van der Waals surface area contributed by atoms with E-state index in [0.29, 0.717) is 5.82 Å². The molecule has 5 heteroatoms. The maximum Gasteiger partial charge on any atom is 0.142 e. The van der Waals surface area contributed by atoms with E-state index in [1.54, 1.807) is 0 Å². The molecule has 0 unspecified atom stereocenters. The highest BCUT2D eigenvalue weighted by molar-refractivity contribution is 7.10. The number of nitrogens with two attached hydrogens (primary N) is 1. The van der Waals surface area contributed by atoms with Crippen LogP contribution in [0.5, 0.6) is 0 Å². The summed E-state index contributed by atoms with van der Waals surface area (Å²) in [7, 11) is 0. The summed E-state index contributed by atoms with van der Waals surface area (Å²) in [5.41, 5.74) is 6.81. The lowest BCUT2D eigenvalue weighted by atomic mass is 10.2. The molecule has 4 nitrogen and oxygen atoms in total. The van der Waals surface area contributed by atoms with Gasteiger partial charge >= 0.3 is 0 Å². The van der Waals surface area contributed by atoms with Gasteiger partial charge in [0.05, 0.1) is 0 Å². The number of rotatable bonds is 4. The monoisotopic (exact) mass is 254 g/mol. The van der Waals surface area contributed by atoms with Crippen LogP contribution in [0.15, 0.2) is 0 Å². The number of hydrogen-bond donors (Lipinski definition) is 2. The predicted molar refractivity (Wildman–Crippen MR) is 74.7 cm³/mol. The van der Waals surface area contributed by atoms with Gasteiger partial charge in [-0.25, -0.2) is 0 Å². The zero-order chi connectivity index (χ0) is 12.1. The number of nitrogen functional groups attached to an aromatic ring is 1. The van der Waals surface area contributed by atoms with Crippen molar-refractivity contribution in [2.45, 2.75) is 32.6 Å². The maximum absolute atomic E-state index is 5.72. The van der Waals surface area contributed by atoms with Crippen molar-refractivity contribution in [3.05, 3.63) is 5.56 Å². The van der Waals surface area contributed by atoms with Crippen molar-refractivity contribution in [2.75, 3.05) is 37.2 Å². The number of anilines is 2. The molecule has 2 heterocycles. The van der Waals surface area contributed by atoms with Gasteiger partial charge in [-0.05, 0) is 44.4 Å².